The van der Waals surface area contributed by atoms with Crippen LogP contribution in [0.1, 0.15) is 32.1 Å². The molecule has 238 valence electrons. The van der Waals surface area contributed by atoms with E-state index in [2.05, 4.69) is 35.4 Å². The van der Waals surface area contributed by atoms with Crippen LogP contribution >= 0.6 is 11.6 Å². The van der Waals surface area contributed by atoms with Crippen molar-refractivity contribution >= 4 is 45.3 Å². The zero-order valence-electron chi connectivity index (χ0n) is 24.4. The van der Waals surface area contributed by atoms with E-state index >= 15 is 8.78 Å². The highest BCUT2D eigenvalue weighted by molar-refractivity contribution is 6.31. The minimum absolute atomic E-state index is 0.0144. The van der Waals surface area contributed by atoms with Gasteiger partial charge in [-0.2, -0.15) is 15.1 Å². The van der Waals surface area contributed by atoms with E-state index in [0.29, 0.717) is 28.1 Å². The lowest BCUT2D eigenvalue weighted by Crippen LogP contribution is -2.52. The summed E-state index contributed by atoms with van der Waals surface area (Å²) in [7, 11) is 0. The molecule has 0 aliphatic carbocycles. The normalized spacial score (nSPS) is 21.4. The number of H-pyrrole nitrogens is 1. The van der Waals surface area contributed by atoms with Crippen LogP contribution in [0.3, 0.4) is 0 Å². The summed E-state index contributed by atoms with van der Waals surface area (Å²) in [5, 5.41) is 10.8. The highest BCUT2D eigenvalue weighted by Gasteiger charge is 2.45. The number of halogens is 4. The first-order valence-corrected chi connectivity index (χ1v) is 15.5. The molecule has 4 aromatic rings. The topological polar surface area (TPSA) is 121 Å². The van der Waals surface area contributed by atoms with Gasteiger partial charge in [-0.05, 0) is 50.9 Å². The number of pyridine rings is 1. The van der Waals surface area contributed by atoms with Crippen molar-refractivity contribution in [2.45, 2.75) is 49.9 Å². The Labute approximate surface area is 261 Å². The first kappa shape index (κ1) is 29.8. The van der Waals surface area contributed by atoms with E-state index < -0.39 is 37.4 Å². The van der Waals surface area contributed by atoms with Crippen LogP contribution in [0.5, 0.6) is 6.01 Å². The van der Waals surface area contributed by atoms with Gasteiger partial charge in [0.05, 0.1) is 35.2 Å². The number of alkyl halides is 2. The number of nitrogens with zero attached hydrogens (tertiary/aromatic N) is 6. The second-order valence-electron chi connectivity index (χ2n) is 11.9. The van der Waals surface area contributed by atoms with Gasteiger partial charge >= 0.3 is 12.1 Å². The van der Waals surface area contributed by atoms with E-state index in [0.717, 1.165) is 38.8 Å². The number of aromatic nitrogens is 5. The number of amides is 1. The number of aromatic amines is 1. The van der Waals surface area contributed by atoms with Gasteiger partial charge in [-0.1, -0.05) is 11.6 Å². The summed E-state index contributed by atoms with van der Waals surface area (Å²) >= 11 is 6.34. The molecule has 2 atom stereocenters. The molecule has 2 N–H and O–H groups in total. The number of anilines is 1. The maximum Gasteiger partial charge on any atom is 0.407 e. The average Bonchev–Trinajstić information content (AvgIpc) is 3.75. The smallest absolute Gasteiger partial charge is 0.407 e. The fraction of sp³-hybridized carbons (Fsp3) is 0.500. The number of carbonyl (C=O) groups is 1. The Kier molecular flexibility index (Phi) is 8.02. The van der Waals surface area contributed by atoms with E-state index in [-0.39, 0.29) is 53.5 Å². The molecule has 3 saturated heterocycles. The van der Waals surface area contributed by atoms with Crippen molar-refractivity contribution in [3.8, 4) is 17.3 Å². The van der Waals surface area contributed by atoms with Crippen LogP contribution in [-0.2, 0) is 4.74 Å². The van der Waals surface area contributed by atoms with Crippen LogP contribution in [0.15, 0.2) is 24.5 Å². The van der Waals surface area contributed by atoms with Crippen LogP contribution in [0.2, 0.25) is 5.02 Å². The highest BCUT2D eigenvalue weighted by atomic mass is 35.5. The summed E-state index contributed by atoms with van der Waals surface area (Å²) in [5.74, 6) is -0.489. The number of rotatable bonds is 8. The second-order valence-corrected chi connectivity index (χ2v) is 12.3. The second kappa shape index (κ2) is 12.1. The van der Waals surface area contributed by atoms with Crippen molar-refractivity contribution in [2.75, 3.05) is 51.0 Å². The molecule has 45 heavy (non-hydrogen) atoms. The zero-order valence-corrected chi connectivity index (χ0v) is 25.1. The summed E-state index contributed by atoms with van der Waals surface area (Å²) < 4.78 is 55.2. The minimum Gasteiger partial charge on any atom is -0.461 e. The lowest BCUT2D eigenvalue weighted by atomic mass is 9.95. The van der Waals surface area contributed by atoms with Crippen molar-refractivity contribution in [3.05, 3.63) is 35.4 Å². The molecule has 0 saturated carbocycles. The van der Waals surface area contributed by atoms with Crippen molar-refractivity contribution in [1.82, 2.24) is 35.4 Å². The summed E-state index contributed by atoms with van der Waals surface area (Å²) in [6.45, 7) is 1.21. The first-order chi connectivity index (χ1) is 21.8. The van der Waals surface area contributed by atoms with Crippen LogP contribution in [0.4, 0.5) is 23.8 Å². The number of nitrogens with one attached hydrogen (secondary N) is 2. The molecule has 1 aromatic carbocycles. The van der Waals surface area contributed by atoms with Gasteiger partial charge in [0.1, 0.15) is 43.1 Å². The number of benzene rings is 1. The predicted octanol–water partition coefficient (Wildman–Crippen LogP) is 4.98. The molecule has 0 bridgehead atoms. The average molecular weight is 645 g/mol. The number of hydrogen-bond donors (Lipinski definition) is 2. The van der Waals surface area contributed by atoms with Gasteiger partial charge in [0, 0.05) is 35.1 Å². The van der Waals surface area contributed by atoms with Gasteiger partial charge in [-0.25, -0.2) is 18.0 Å². The number of alkyl carbamates (subject to hydrolysis) is 1. The summed E-state index contributed by atoms with van der Waals surface area (Å²) in [6, 6.07) is 2.60. The molecule has 15 heteroatoms. The quantitative estimate of drug-likeness (QED) is 0.274. The number of piperidine rings is 1. The van der Waals surface area contributed by atoms with Crippen molar-refractivity contribution in [2.24, 2.45) is 0 Å². The fourth-order valence-corrected chi connectivity index (χ4v) is 7.26. The minimum atomic E-state index is -1.35. The van der Waals surface area contributed by atoms with E-state index in [9.17, 15) is 9.18 Å². The number of ether oxygens (including phenoxy) is 2. The highest BCUT2D eigenvalue weighted by Crippen LogP contribution is 2.40. The maximum atomic E-state index is 16.6. The molecular weight excluding hydrogens is 613 g/mol. The third kappa shape index (κ3) is 5.69. The Morgan fingerprint density at radius 1 is 1.16 bits per heavy atom. The Bertz CT molecular complexity index is 1730. The summed E-state index contributed by atoms with van der Waals surface area (Å²) in [4.78, 5) is 29.8. The molecular formula is C30H32ClF3N8O3. The molecule has 3 aliphatic heterocycles. The Balaban J connectivity index is 1.29. The molecule has 1 amide bonds. The number of hydrogen-bond acceptors (Lipinski definition) is 9. The third-order valence-electron chi connectivity index (χ3n) is 9.03. The number of carbonyl (C=O) groups excluding carboxylic acids is 1. The van der Waals surface area contributed by atoms with Crippen LogP contribution in [-0.4, -0.2) is 100.0 Å². The van der Waals surface area contributed by atoms with Gasteiger partial charge in [0.25, 0.3) is 0 Å². The van der Waals surface area contributed by atoms with Crippen LogP contribution in [0.25, 0.3) is 33.1 Å². The first-order valence-electron chi connectivity index (χ1n) is 15.1. The lowest BCUT2D eigenvalue weighted by Gasteiger charge is -2.36. The van der Waals surface area contributed by atoms with Crippen molar-refractivity contribution in [3.63, 3.8) is 0 Å². The standard InChI is InChI=1S/C30H32ClF3N8O3/c31-17-9-20(21-13-36-40-23(21)10-17)25-24(34)26-22(12-35-25)27(41-14-18(33)11-19(15-41)37-29(43)44-8-5-32)39-28(38-26)45-16-30-3-1-6-42(30)7-2-4-30/h9-10,12-13,18-19H,1-8,11,14-16H2,(H,36,40)(H,37,43)/t18-,19?/m1/s1. The van der Waals surface area contributed by atoms with E-state index in [4.69, 9.17) is 21.1 Å². The molecule has 3 fully saturated rings. The van der Waals surface area contributed by atoms with Gasteiger partial charge in [-0.15, -0.1) is 0 Å². The molecule has 0 radical (unpaired) electrons. The molecule has 6 heterocycles. The largest absolute Gasteiger partial charge is 0.461 e. The molecule has 1 unspecified atom stereocenters. The SMILES string of the molecule is O=C(NC1C[C@@H](F)CN(c2nc(OCC34CCCN3CCC4)nc3c(F)c(-c4cc(Cl)cc5[nH]ncc45)ncc23)C1)OCCF. The third-order valence-corrected chi connectivity index (χ3v) is 9.25. The van der Waals surface area contributed by atoms with Gasteiger partial charge in [0.2, 0.25) is 0 Å². The monoisotopic (exact) mass is 644 g/mol. The molecule has 3 aliphatic rings. The molecule has 3 aromatic heterocycles. The number of fused-ring (bicyclic) bond motifs is 3. The molecule has 0 spiro atoms. The molecule has 11 nitrogen and oxygen atoms in total. The Morgan fingerprint density at radius 3 is 2.78 bits per heavy atom. The van der Waals surface area contributed by atoms with E-state index in [1.807, 2.05) is 0 Å². The fourth-order valence-electron chi connectivity index (χ4n) is 7.04. The van der Waals surface area contributed by atoms with E-state index in [1.165, 1.54) is 6.20 Å². The van der Waals surface area contributed by atoms with Gasteiger partial charge < -0.3 is 19.7 Å². The van der Waals surface area contributed by atoms with E-state index in [1.54, 1.807) is 23.2 Å². The Morgan fingerprint density at radius 2 is 1.98 bits per heavy atom. The van der Waals surface area contributed by atoms with Crippen molar-refractivity contribution < 1.29 is 27.4 Å². The Hall–Kier alpha value is -3.91. The molecule has 7 rings (SSSR count). The van der Waals surface area contributed by atoms with Crippen LogP contribution < -0.4 is 15.0 Å². The zero-order chi connectivity index (χ0) is 31.1. The summed E-state index contributed by atoms with van der Waals surface area (Å²) in [6.07, 6.45) is 5.00. The lowest BCUT2D eigenvalue weighted by molar-refractivity contribution is 0.107. The van der Waals surface area contributed by atoms with Crippen molar-refractivity contribution in [1.29, 1.82) is 0 Å². The van der Waals surface area contributed by atoms with Gasteiger partial charge in [-0.3, -0.25) is 15.0 Å². The van der Waals surface area contributed by atoms with Gasteiger partial charge in [0.15, 0.2) is 5.82 Å². The summed E-state index contributed by atoms with van der Waals surface area (Å²) in [5.41, 5.74) is 0.905. The predicted molar refractivity (Wildman–Crippen MR) is 162 cm³/mol. The maximum absolute atomic E-state index is 16.6. The van der Waals surface area contributed by atoms with Crippen LogP contribution in [0, 0.1) is 5.82 Å².